The van der Waals surface area contributed by atoms with Crippen LogP contribution in [0, 0.1) is 6.92 Å². The Morgan fingerprint density at radius 3 is 2.67 bits per heavy atom. The summed E-state index contributed by atoms with van der Waals surface area (Å²) in [6.07, 6.45) is 0.682. The van der Waals surface area contributed by atoms with Crippen LogP contribution in [0.5, 0.6) is 0 Å². The van der Waals surface area contributed by atoms with E-state index in [1.165, 1.54) is 4.90 Å². The van der Waals surface area contributed by atoms with E-state index in [9.17, 15) is 4.79 Å². The lowest BCUT2D eigenvalue weighted by molar-refractivity contribution is 0.868. The minimum atomic E-state index is -0.00906. The van der Waals surface area contributed by atoms with Crippen LogP contribution < -0.4 is 5.56 Å². The average molecular weight is 335 g/mol. The molecule has 1 aliphatic heterocycles. The molecule has 4 nitrogen and oxygen atoms in total. The van der Waals surface area contributed by atoms with Gasteiger partial charge in [0.05, 0.1) is 11.4 Å². The summed E-state index contributed by atoms with van der Waals surface area (Å²) < 4.78 is 1.59. The quantitative estimate of drug-likeness (QED) is 0.738. The van der Waals surface area contributed by atoms with Gasteiger partial charge in [0, 0.05) is 22.6 Å². The molecule has 120 valence electrons. The molecule has 0 saturated heterocycles. The molecule has 0 radical (unpaired) electrons. The molecule has 5 heteroatoms. The molecule has 0 bridgehead atoms. The first-order valence-corrected chi connectivity index (χ1v) is 8.85. The lowest BCUT2D eigenvalue weighted by Crippen LogP contribution is -2.26. The minimum absolute atomic E-state index is 0.00906. The van der Waals surface area contributed by atoms with Crippen LogP contribution in [0.2, 0.25) is 0 Å². The Labute approximate surface area is 144 Å². The highest BCUT2D eigenvalue weighted by Gasteiger charge is 2.20. The highest BCUT2D eigenvalue weighted by molar-refractivity contribution is 7.98. The zero-order valence-corrected chi connectivity index (χ0v) is 14.1. The van der Waals surface area contributed by atoms with Gasteiger partial charge in [-0.15, -0.1) is 11.8 Å². The van der Waals surface area contributed by atoms with E-state index in [1.807, 2.05) is 43.3 Å². The van der Waals surface area contributed by atoms with Gasteiger partial charge in [-0.05, 0) is 30.7 Å². The molecule has 0 unspecified atom stereocenters. The highest BCUT2D eigenvalue weighted by Crippen LogP contribution is 2.26. The SMILES string of the molecule is Cc1c(CSc2ccccc2)[nH]n(C2=Nc3ccccc3C2)c1=O. The number of benzene rings is 2. The maximum absolute atomic E-state index is 12.6. The van der Waals surface area contributed by atoms with Crippen LogP contribution in [0.3, 0.4) is 0 Å². The van der Waals surface area contributed by atoms with Crippen molar-refractivity contribution in [1.29, 1.82) is 0 Å². The molecule has 1 N–H and O–H groups in total. The lowest BCUT2D eigenvalue weighted by Gasteiger charge is -2.02. The van der Waals surface area contributed by atoms with E-state index in [4.69, 9.17) is 0 Å². The second-order valence-corrected chi connectivity index (χ2v) is 6.84. The molecule has 0 fully saturated rings. The van der Waals surface area contributed by atoms with Gasteiger partial charge in [0.2, 0.25) is 0 Å². The fraction of sp³-hybridized carbons (Fsp3) is 0.158. The van der Waals surface area contributed by atoms with Gasteiger partial charge in [0.15, 0.2) is 0 Å². The second-order valence-electron chi connectivity index (χ2n) is 5.79. The Hall–Kier alpha value is -2.53. The first kappa shape index (κ1) is 15.0. The van der Waals surface area contributed by atoms with Crippen molar-refractivity contribution in [3.8, 4) is 0 Å². The molecule has 0 saturated carbocycles. The fourth-order valence-corrected chi connectivity index (χ4v) is 3.75. The topological polar surface area (TPSA) is 50.1 Å². The maximum atomic E-state index is 12.6. The smallest absolute Gasteiger partial charge is 0.275 e. The first-order chi connectivity index (χ1) is 11.7. The van der Waals surface area contributed by atoms with Crippen LogP contribution in [-0.4, -0.2) is 15.6 Å². The molecule has 1 aromatic heterocycles. The van der Waals surface area contributed by atoms with Gasteiger partial charge in [-0.25, -0.2) is 9.67 Å². The van der Waals surface area contributed by atoms with Gasteiger partial charge in [0.25, 0.3) is 5.56 Å². The van der Waals surface area contributed by atoms with E-state index < -0.39 is 0 Å². The lowest BCUT2D eigenvalue weighted by atomic mass is 10.1. The molecular formula is C19H17N3OS. The summed E-state index contributed by atoms with van der Waals surface area (Å²) in [6, 6.07) is 18.2. The minimum Gasteiger partial charge on any atom is -0.293 e. The third kappa shape index (κ3) is 2.71. The number of thioether (sulfide) groups is 1. The zero-order chi connectivity index (χ0) is 16.5. The molecule has 3 aromatic rings. The van der Waals surface area contributed by atoms with Gasteiger partial charge in [-0.3, -0.25) is 9.89 Å². The largest absolute Gasteiger partial charge is 0.293 e. The van der Waals surface area contributed by atoms with Gasteiger partial charge in [-0.2, -0.15) is 0 Å². The van der Waals surface area contributed by atoms with E-state index in [2.05, 4.69) is 28.3 Å². The summed E-state index contributed by atoms with van der Waals surface area (Å²) in [5.74, 6) is 1.50. The van der Waals surface area contributed by atoms with E-state index in [0.717, 1.165) is 34.1 Å². The van der Waals surface area contributed by atoms with Gasteiger partial charge >= 0.3 is 0 Å². The van der Waals surface area contributed by atoms with Crippen LogP contribution in [0.1, 0.15) is 16.8 Å². The standard InChI is InChI=1S/C19H17N3OS/c1-13-17(12-24-15-8-3-2-4-9-15)21-22(19(13)23)18-11-14-7-5-6-10-16(14)20-18/h2-10,21H,11-12H2,1H3. The highest BCUT2D eigenvalue weighted by atomic mass is 32.2. The molecule has 0 atom stereocenters. The predicted molar refractivity (Wildman–Crippen MR) is 98.4 cm³/mol. The van der Waals surface area contributed by atoms with Crippen LogP contribution in [0.25, 0.3) is 0 Å². The fourth-order valence-electron chi connectivity index (χ4n) is 2.81. The second kappa shape index (κ2) is 6.17. The number of nitrogens with one attached hydrogen (secondary N) is 1. The van der Waals surface area contributed by atoms with E-state index in [0.29, 0.717) is 6.42 Å². The van der Waals surface area contributed by atoms with Gasteiger partial charge in [-0.1, -0.05) is 36.4 Å². The van der Waals surface area contributed by atoms with Crippen LogP contribution in [0.4, 0.5) is 5.69 Å². The van der Waals surface area contributed by atoms with Crippen LogP contribution >= 0.6 is 11.8 Å². The van der Waals surface area contributed by atoms with Crippen molar-refractivity contribution in [2.24, 2.45) is 4.99 Å². The molecule has 0 aliphatic carbocycles. The first-order valence-electron chi connectivity index (χ1n) is 7.86. The number of aromatic nitrogens is 2. The normalized spacial score (nSPS) is 13.0. The third-order valence-electron chi connectivity index (χ3n) is 4.20. The summed E-state index contributed by atoms with van der Waals surface area (Å²) in [5.41, 5.74) is 3.81. The number of fused-ring (bicyclic) bond motifs is 1. The Morgan fingerprint density at radius 2 is 1.88 bits per heavy atom. The monoisotopic (exact) mass is 335 g/mol. The van der Waals surface area contributed by atoms with E-state index in [1.54, 1.807) is 16.4 Å². The number of para-hydroxylation sites is 1. The van der Waals surface area contributed by atoms with Crippen molar-refractivity contribution in [3.63, 3.8) is 0 Å². The van der Waals surface area contributed by atoms with Gasteiger partial charge < -0.3 is 0 Å². The van der Waals surface area contributed by atoms with Crippen molar-refractivity contribution >= 4 is 23.3 Å². The number of hydrogen-bond donors (Lipinski definition) is 1. The van der Waals surface area contributed by atoms with Crippen LogP contribution in [0.15, 0.2) is 69.3 Å². The molecular weight excluding hydrogens is 318 g/mol. The number of hydrogen-bond acceptors (Lipinski definition) is 3. The molecule has 2 heterocycles. The zero-order valence-electron chi connectivity index (χ0n) is 13.3. The molecule has 0 spiro atoms. The molecule has 0 amide bonds. The maximum Gasteiger partial charge on any atom is 0.275 e. The summed E-state index contributed by atoms with van der Waals surface area (Å²) in [6.45, 7) is 1.87. The van der Waals surface area contributed by atoms with Gasteiger partial charge in [0.1, 0.15) is 5.84 Å². The third-order valence-corrected chi connectivity index (χ3v) is 5.24. The average Bonchev–Trinajstić information content (AvgIpc) is 3.16. The van der Waals surface area contributed by atoms with Crippen LogP contribution in [-0.2, 0) is 12.2 Å². The Balaban J connectivity index is 1.59. The summed E-state index contributed by atoms with van der Waals surface area (Å²) in [4.78, 5) is 18.4. The Kier molecular flexibility index (Phi) is 3.86. The van der Waals surface area contributed by atoms with E-state index in [-0.39, 0.29) is 5.56 Å². The number of H-pyrrole nitrogens is 1. The van der Waals surface area contributed by atoms with Crippen molar-refractivity contribution in [1.82, 2.24) is 9.78 Å². The van der Waals surface area contributed by atoms with Crippen molar-refractivity contribution in [3.05, 3.63) is 81.8 Å². The predicted octanol–water partition coefficient (Wildman–Crippen LogP) is 3.91. The van der Waals surface area contributed by atoms with E-state index >= 15 is 0 Å². The summed E-state index contributed by atoms with van der Waals surface area (Å²) >= 11 is 1.72. The summed E-state index contributed by atoms with van der Waals surface area (Å²) in [5, 5.41) is 3.25. The number of aliphatic imine (C=N–C) groups is 1. The number of nitrogens with zero attached hydrogens (tertiary/aromatic N) is 2. The number of rotatable bonds is 3. The van der Waals surface area contributed by atoms with Crippen molar-refractivity contribution in [2.45, 2.75) is 24.0 Å². The number of aromatic amines is 1. The summed E-state index contributed by atoms with van der Waals surface area (Å²) in [7, 11) is 0. The van der Waals surface area contributed by atoms with Crippen molar-refractivity contribution in [2.75, 3.05) is 0 Å². The molecule has 1 aliphatic rings. The molecule has 24 heavy (non-hydrogen) atoms. The molecule has 2 aromatic carbocycles. The molecule has 4 rings (SSSR count). The Morgan fingerprint density at radius 1 is 1.12 bits per heavy atom. The Bertz CT molecular complexity index is 970. The van der Waals surface area contributed by atoms with Crippen molar-refractivity contribution < 1.29 is 0 Å².